The highest BCUT2D eigenvalue weighted by Gasteiger charge is 2.33. The monoisotopic (exact) mass is 315 g/mol. The average Bonchev–Trinajstić information content (AvgIpc) is 3.15. The number of pyridine rings is 1. The van der Waals surface area contributed by atoms with Crippen molar-refractivity contribution in [2.45, 2.75) is 12.6 Å². The maximum atomic E-state index is 12.3. The van der Waals surface area contributed by atoms with Gasteiger partial charge in [0.15, 0.2) is 5.76 Å². The lowest BCUT2D eigenvalue weighted by Crippen LogP contribution is -2.43. The van der Waals surface area contributed by atoms with Crippen LogP contribution in [0.4, 0.5) is 4.79 Å². The van der Waals surface area contributed by atoms with Gasteiger partial charge in [0.2, 0.25) is 5.91 Å². The van der Waals surface area contributed by atoms with Gasteiger partial charge in [-0.3, -0.25) is 9.78 Å². The van der Waals surface area contributed by atoms with Gasteiger partial charge in [-0.1, -0.05) is 5.16 Å². The zero-order valence-electron chi connectivity index (χ0n) is 12.9. The molecule has 8 nitrogen and oxygen atoms in total. The van der Waals surface area contributed by atoms with E-state index >= 15 is 0 Å². The van der Waals surface area contributed by atoms with Gasteiger partial charge >= 0.3 is 6.03 Å². The van der Waals surface area contributed by atoms with Gasteiger partial charge in [0.25, 0.3) is 0 Å². The lowest BCUT2D eigenvalue weighted by atomic mass is 10.2. The number of amides is 3. The third-order valence-corrected chi connectivity index (χ3v) is 3.68. The van der Waals surface area contributed by atoms with Crippen LogP contribution in [0.25, 0.3) is 11.3 Å². The number of carbonyl (C=O) groups excluding carboxylic acids is 2. The van der Waals surface area contributed by atoms with Crippen LogP contribution in [0, 0.1) is 0 Å². The molecule has 120 valence electrons. The Balaban J connectivity index is 1.64. The molecular formula is C15H17N5O3. The molecule has 2 aromatic heterocycles. The molecule has 1 atom stereocenters. The van der Waals surface area contributed by atoms with Crippen LogP contribution in [-0.4, -0.2) is 58.6 Å². The molecule has 1 saturated heterocycles. The van der Waals surface area contributed by atoms with Crippen LogP contribution in [0.1, 0.15) is 5.76 Å². The predicted molar refractivity (Wildman–Crippen MR) is 81.2 cm³/mol. The highest BCUT2D eigenvalue weighted by Crippen LogP contribution is 2.18. The van der Waals surface area contributed by atoms with E-state index < -0.39 is 6.04 Å². The Hall–Kier alpha value is -2.90. The number of nitrogens with zero attached hydrogens (tertiary/aromatic N) is 4. The number of nitrogens with one attached hydrogen (secondary N) is 1. The minimum Gasteiger partial charge on any atom is -0.359 e. The van der Waals surface area contributed by atoms with Crippen molar-refractivity contribution >= 4 is 11.9 Å². The quantitative estimate of drug-likeness (QED) is 0.897. The van der Waals surface area contributed by atoms with Crippen LogP contribution in [0.15, 0.2) is 35.1 Å². The van der Waals surface area contributed by atoms with E-state index in [0.29, 0.717) is 18.0 Å². The largest absolute Gasteiger partial charge is 0.359 e. The SMILES string of the molecule is CN1C[C@@H](C(=O)N(C)Cc2cc(-c3cccnc3)no2)NC1=O. The van der Waals surface area contributed by atoms with Crippen LogP contribution >= 0.6 is 0 Å². The molecule has 8 heteroatoms. The van der Waals surface area contributed by atoms with Crippen molar-refractivity contribution in [3.05, 3.63) is 36.4 Å². The molecule has 3 amide bonds. The number of hydrogen-bond acceptors (Lipinski definition) is 5. The van der Waals surface area contributed by atoms with Crippen LogP contribution in [0.3, 0.4) is 0 Å². The summed E-state index contributed by atoms with van der Waals surface area (Å²) in [7, 11) is 3.32. The summed E-state index contributed by atoms with van der Waals surface area (Å²) in [6.07, 6.45) is 3.38. The van der Waals surface area contributed by atoms with Gasteiger partial charge in [-0.05, 0) is 12.1 Å². The summed E-state index contributed by atoms with van der Waals surface area (Å²) in [4.78, 5) is 30.8. The van der Waals surface area contributed by atoms with Crippen molar-refractivity contribution in [2.24, 2.45) is 0 Å². The van der Waals surface area contributed by atoms with Gasteiger partial charge in [0.05, 0.1) is 13.1 Å². The molecule has 0 saturated carbocycles. The molecular weight excluding hydrogens is 298 g/mol. The maximum absolute atomic E-state index is 12.3. The van der Waals surface area contributed by atoms with Crippen molar-refractivity contribution in [2.75, 3.05) is 20.6 Å². The fourth-order valence-electron chi connectivity index (χ4n) is 2.42. The van der Waals surface area contributed by atoms with E-state index in [1.54, 1.807) is 32.6 Å². The molecule has 0 spiro atoms. The van der Waals surface area contributed by atoms with Crippen molar-refractivity contribution in [1.29, 1.82) is 0 Å². The van der Waals surface area contributed by atoms with Crippen LogP contribution < -0.4 is 5.32 Å². The summed E-state index contributed by atoms with van der Waals surface area (Å²) >= 11 is 0. The molecule has 3 rings (SSSR count). The van der Waals surface area contributed by atoms with E-state index in [0.717, 1.165) is 5.56 Å². The number of carbonyl (C=O) groups is 2. The summed E-state index contributed by atoms with van der Waals surface area (Å²) in [5.41, 5.74) is 1.52. The summed E-state index contributed by atoms with van der Waals surface area (Å²) in [6.45, 7) is 0.640. The number of rotatable bonds is 4. The zero-order chi connectivity index (χ0) is 16.4. The van der Waals surface area contributed by atoms with Gasteiger partial charge in [-0.25, -0.2) is 4.79 Å². The minimum absolute atomic E-state index is 0.165. The first-order chi connectivity index (χ1) is 11.0. The topological polar surface area (TPSA) is 91.6 Å². The molecule has 1 fully saturated rings. The molecule has 1 aliphatic heterocycles. The zero-order valence-corrected chi connectivity index (χ0v) is 12.9. The molecule has 1 aliphatic rings. The molecule has 1 N–H and O–H groups in total. The molecule has 0 aliphatic carbocycles. The van der Waals surface area contributed by atoms with Crippen molar-refractivity contribution in [1.82, 2.24) is 25.3 Å². The van der Waals surface area contributed by atoms with Crippen molar-refractivity contribution < 1.29 is 14.1 Å². The molecule has 3 heterocycles. The maximum Gasteiger partial charge on any atom is 0.317 e. The van der Waals surface area contributed by atoms with Crippen molar-refractivity contribution in [3.8, 4) is 11.3 Å². The minimum atomic E-state index is -0.529. The van der Waals surface area contributed by atoms with E-state index in [1.807, 2.05) is 12.1 Å². The molecule has 2 aromatic rings. The Morgan fingerprint density at radius 3 is 3.04 bits per heavy atom. The molecule has 0 aromatic carbocycles. The summed E-state index contributed by atoms with van der Waals surface area (Å²) in [5.74, 6) is 0.402. The molecule has 0 bridgehead atoms. The Kier molecular flexibility index (Phi) is 3.96. The van der Waals surface area contributed by atoms with Gasteiger partial charge in [-0.15, -0.1) is 0 Å². The predicted octanol–water partition coefficient (Wildman–Crippen LogP) is 0.719. The lowest BCUT2D eigenvalue weighted by Gasteiger charge is -2.19. The Morgan fingerprint density at radius 2 is 2.39 bits per heavy atom. The van der Waals surface area contributed by atoms with E-state index in [9.17, 15) is 9.59 Å². The number of likely N-dealkylation sites (N-methyl/N-ethyl adjacent to an activating group) is 2. The number of hydrogen-bond donors (Lipinski definition) is 1. The first-order valence-corrected chi connectivity index (χ1v) is 7.17. The van der Waals surface area contributed by atoms with Gasteiger partial charge in [0.1, 0.15) is 11.7 Å². The van der Waals surface area contributed by atoms with Gasteiger partial charge in [-0.2, -0.15) is 0 Å². The summed E-state index contributed by atoms with van der Waals surface area (Å²) in [6, 6.07) is 4.71. The second-order valence-electron chi connectivity index (χ2n) is 5.50. The van der Waals surface area contributed by atoms with Crippen LogP contribution in [0.2, 0.25) is 0 Å². The van der Waals surface area contributed by atoms with E-state index in [1.165, 1.54) is 9.80 Å². The highest BCUT2D eigenvalue weighted by molar-refractivity contribution is 5.90. The first kappa shape index (κ1) is 15.0. The third kappa shape index (κ3) is 3.15. The molecule has 0 unspecified atom stereocenters. The second-order valence-corrected chi connectivity index (χ2v) is 5.50. The Morgan fingerprint density at radius 1 is 1.57 bits per heavy atom. The van der Waals surface area contributed by atoms with E-state index in [-0.39, 0.29) is 18.5 Å². The Bertz CT molecular complexity index is 715. The van der Waals surface area contributed by atoms with E-state index in [4.69, 9.17) is 4.52 Å². The van der Waals surface area contributed by atoms with Crippen molar-refractivity contribution in [3.63, 3.8) is 0 Å². The summed E-state index contributed by atoms with van der Waals surface area (Å²) in [5, 5.41) is 6.63. The summed E-state index contributed by atoms with van der Waals surface area (Å²) < 4.78 is 5.28. The van der Waals surface area contributed by atoms with Gasteiger partial charge in [0, 0.05) is 38.1 Å². The number of aromatic nitrogens is 2. The average molecular weight is 315 g/mol. The first-order valence-electron chi connectivity index (χ1n) is 7.17. The third-order valence-electron chi connectivity index (χ3n) is 3.68. The fourth-order valence-corrected chi connectivity index (χ4v) is 2.42. The van der Waals surface area contributed by atoms with Crippen LogP contribution in [-0.2, 0) is 11.3 Å². The smallest absolute Gasteiger partial charge is 0.317 e. The molecule has 0 radical (unpaired) electrons. The second kappa shape index (κ2) is 6.07. The standard InChI is InChI=1S/C15H17N5O3/c1-19(14(21)13-9-20(2)15(22)17-13)8-11-6-12(18-23-11)10-4-3-5-16-7-10/h3-7,13H,8-9H2,1-2H3,(H,17,22)/t13-/m0/s1. The fraction of sp³-hybridized carbons (Fsp3) is 0.333. The van der Waals surface area contributed by atoms with Crippen LogP contribution in [0.5, 0.6) is 0 Å². The van der Waals surface area contributed by atoms with Gasteiger partial charge < -0.3 is 19.6 Å². The Labute approximate surface area is 133 Å². The normalized spacial score (nSPS) is 17.2. The highest BCUT2D eigenvalue weighted by atomic mass is 16.5. The number of urea groups is 1. The molecule has 23 heavy (non-hydrogen) atoms. The van der Waals surface area contributed by atoms with E-state index in [2.05, 4.69) is 15.5 Å². The lowest BCUT2D eigenvalue weighted by molar-refractivity contribution is -0.132.